The predicted molar refractivity (Wildman–Crippen MR) is 75.4 cm³/mol. The summed E-state index contributed by atoms with van der Waals surface area (Å²) >= 11 is 0. The van der Waals surface area contributed by atoms with Crippen LogP contribution < -0.4 is 10.0 Å². The molecule has 0 radical (unpaired) electrons. The minimum Gasteiger partial charge on any atom is -0.480 e. The molecule has 10 heteroatoms. The molecule has 0 aromatic heterocycles. The van der Waals surface area contributed by atoms with Crippen LogP contribution in [0.5, 0.6) is 0 Å². The molecule has 1 aromatic carbocycles. The molecule has 0 aliphatic rings. The minimum absolute atomic E-state index is 0.0255. The van der Waals surface area contributed by atoms with Crippen molar-refractivity contribution in [1.29, 1.82) is 0 Å². The zero-order valence-electron chi connectivity index (χ0n) is 11.4. The highest BCUT2D eigenvalue weighted by Crippen LogP contribution is 2.01. The summed E-state index contributed by atoms with van der Waals surface area (Å²) in [5, 5.41) is 11.0. The van der Waals surface area contributed by atoms with Gasteiger partial charge in [-0.15, -0.1) is 0 Å². The van der Waals surface area contributed by atoms with Crippen LogP contribution in [0.2, 0.25) is 0 Å². The number of rotatable bonds is 8. The van der Waals surface area contributed by atoms with Gasteiger partial charge in [0.1, 0.15) is 12.6 Å². The number of aliphatic carboxylic acids is 1. The van der Waals surface area contributed by atoms with Crippen molar-refractivity contribution in [3.63, 3.8) is 0 Å². The van der Waals surface area contributed by atoms with Gasteiger partial charge in [-0.05, 0) is 12.0 Å². The van der Waals surface area contributed by atoms with E-state index in [-0.39, 0.29) is 19.6 Å². The van der Waals surface area contributed by atoms with Crippen LogP contribution in [0, 0.1) is 0 Å². The second-order valence-corrected chi connectivity index (χ2v) is 5.49. The average Bonchev–Trinajstić information content (AvgIpc) is 2.43. The number of nitrogens with one attached hydrogen (secondary N) is 2. The van der Waals surface area contributed by atoms with Crippen molar-refractivity contribution in [2.45, 2.75) is 19.1 Å². The van der Waals surface area contributed by atoms with Gasteiger partial charge in [0.25, 0.3) is 0 Å². The zero-order chi connectivity index (χ0) is 16.6. The third-order valence-electron chi connectivity index (χ3n) is 2.52. The van der Waals surface area contributed by atoms with E-state index in [1.165, 1.54) is 0 Å². The van der Waals surface area contributed by atoms with Gasteiger partial charge in [0.15, 0.2) is 0 Å². The molecule has 1 unspecified atom stereocenters. The van der Waals surface area contributed by atoms with Crippen LogP contribution >= 0.6 is 0 Å². The van der Waals surface area contributed by atoms with E-state index >= 15 is 0 Å². The van der Waals surface area contributed by atoms with Gasteiger partial charge >= 0.3 is 22.4 Å². The Hall–Kier alpha value is -2.17. The summed E-state index contributed by atoms with van der Waals surface area (Å²) in [5.74, 6) is -1.35. The summed E-state index contributed by atoms with van der Waals surface area (Å²) < 4.78 is 35.9. The number of carbonyl (C=O) groups is 2. The van der Waals surface area contributed by atoms with Crippen LogP contribution in [0.25, 0.3) is 0 Å². The normalized spacial score (nSPS) is 12.4. The van der Waals surface area contributed by atoms with Gasteiger partial charge in [0.05, 0.1) is 0 Å². The maximum atomic E-state index is 11.5. The number of hydrogen-bond acceptors (Lipinski definition) is 5. The summed E-state index contributed by atoms with van der Waals surface area (Å²) in [7, 11) is -4.41. The molecule has 1 amide bonds. The molecule has 0 saturated heterocycles. The van der Waals surface area contributed by atoms with Crippen LogP contribution in [-0.4, -0.2) is 42.7 Å². The molecule has 0 fully saturated rings. The Morgan fingerprint density at radius 2 is 1.86 bits per heavy atom. The Kier molecular flexibility index (Phi) is 6.76. The fourth-order valence-electron chi connectivity index (χ4n) is 1.50. The number of amides is 1. The molecular formula is C12H16N2O7S. The maximum absolute atomic E-state index is 11.5. The van der Waals surface area contributed by atoms with Gasteiger partial charge < -0.3 is 15.2 Å². The molecule has 0 spiro atoms. The molecule has 0 heterocycles. The van der Waals surface area contributed by atoms with E-state index in [0.717, 1.165) is 5.56 Å². The largest absolute Gasteiger partial charge is 0.480 e. The predicted octanol–water partition coefficient (Wildman–Crippen LogP) is 0.149. The number of carbonyl (C=O) groups excluding carboxylic acids is 1. The molecule has 0 aliphatic heterocycles. The molecule has 22 heavy (non-hydrogen) atoms. The standard InChI is InChI=1S/C12H16N2O7S/c15-11(16)10(6-7-13-22(18,19)20)14-12(17)21-8-9-4-2-1-3-5-9/h1-5,10,13H,6-8H2,(H,14,17)(H,15,16)(H,18,19,20). The molecule has 0 saturated carbocycles. The molecular weight excluding hydrogens is 316 g/mol. The van der Waals surface area contributed by atoms with E-state index in [9.17, 15) is 18.0 Å². The highest BCUT2D eigenvalue weighted by Gasteiger charge is 2.21. The number of alkyl carbamates (subject to hydrolysis) is 1. The van der Waals surface area contributed by atoms with E-state index in [1.54, 1.807) is 35.1 Å². The maximum Gasteiger partial charge on any atom is 0.408 e. The van der Waals surface area contributed by atoms with Crippen molar-refractivity contribution in [3.05, 3.63) is 35.9 Å². The first kappa shape index (κ1) is 17.9. The highest BCUT2D eigenvalue weighted by atomic mass is 32.2. The fraction of sp³-hybridized carbons (Fsp3) is 0.333. The Labute approximate surface area is 127 Å². The quantitative estimate of drug-likeness (QED) is 0.496. The van der Waals surface area contributed by atoms with Gasteiger partial charge in [-0.1, -0.05) is 30.3 Å². The van der Waals surface area contributed by atoms with Crippen molar-refractivity contribution in [2.75, 3.05) is 6.54 Å². The first-order chi connectivity index (χ1) is 10.3. The van der Waals surface area contributed by atoms with E-state index < -0.39 is 28.4 Å². The first-order valence-corrected chi connectivity index (χ1v) is 7.64. The second-order valence-electron chi connectivity index (χ2n) is 4.25. The van der Waals surface area contributed by atoms with Crippen LogP contribution in [-0.2, 0) is 26.4 Å². The molecule has 1 atom stereocenters. The summed E-state index contributed by atoms with van der Waals surface area (Å²) in [6.07, 6.45) is -1.20. The van der Waals surface area contributed by atoms with Crippen molar-refractivity contribution in [3.8, 4) is 0 Å². The van der Waals surface area contributed by atoms with Crippen molar-refractivity contribution >= 4 is 22.4 Å². The number of ether oxygens (including phenoxy) is 1. The van der Waals surface area contributed by atoms with E-state index in [4.69, 9.17) is 14.4 Å². The second kappa shape index (κ2) is 8.32. The van der Waals surface area contributed by atoms with Crippen LogP contribution in [0.1, 0.15) is 12.0 Å². The summed E-state index contributed by atoms with van der Waals surface area (Å²) in [6, 6.07) is 7.44. The van der Waals surface area contributed by atoms with E-state index in [1.807, 2.05) is 0 Å². The topological polar surface area (TPSA) is 142 Å². The van der Waals surface area contributed by atoms with Crippen molar-refractivity contribution < 1.29 is 32.4 Å². The molecule has 4 N–H and O–H groups in total. The monoisotopic (exact) mass is 332 g/mol. The fourth-order valence-corrected chi connectivity index (χ4v) is 1.87. The lowest BCUT2D eigenvalue weighted by atomic mass is 10.2. The third kappa shape index (κ3) is 7.57. The summed E-state index contributed by atoms with van der Waals surface area (Å²) in [6.45, 7) is -0.378. The van der Waals surface area contributed by atoms with Crippen molar-refractivity contribution in [1.82, 2.24) is 10.0 Å². The van der Waals surface area contributed by atoms with E-state index in [0.29, 0.717) is 0 Å². The molecule has 0 bridgehead atoms. The van der Waals surface area contributed by atoms with Gasteiger partial charge in [0, 0.05) is 6.54 Å². The van der Waals surface area contributed by atoms with Gasteiger partial charge in [-0.3, -0.25) is 4.55 Å². The number of benzene rings is 1. The Morgan fingerprint density at radius 1 is 1.23 bits per heavy atom. The van der Waals surface area contributed by atoms with Gasteiger partial charge in [0.2, 0.25) is 0 Å². The average molecular weight is 332 g/mol. The third-order valence-corrected chi connectivity index (χ3v) is 3.09. The lowest BCUT2D eigenvalue weighted by Gasteiger charge is -2.14. The zero-order valence-corrected chi connectivity index (χ0v) is 12.2. The SMILES string of the molecule is O=C(NC(CCNS(=O)(=O)O)C(=O)O)OCc1ccccc1. The summed E-state index contributed by atoms with van der Waals surface area (Å²) in [5.41, 5.74) is 0.734. The van der Waals surface area contributed by atoms with Gasteiger partial charge in [-0.25, -0.2) is 9.59 Å². The smallest absolute Gasteiger partial charge is 0.408 e. The number of carboxylic acid groups (broad SMARTS) is 1. The van der Waals surface area contributed by atoms with E-state index in [2.05, 4.69) is 5.32 Å². The Morgan fingerprint density at radius 3 is 2.41 bits per heavy atom. The molecule has 1 rings (SSSR count). The lowest BCUT2D eigenvalue weighted by Crippen LogP contribution is -2.43. The molecule has 0 aliphatic carbocycles. The Balaban J connectivity index is 2.42. The van der Waals surface area contributed by atoms with Crippen LogP contribution in [0.3, 0.4) is 0 Å². The number of hydrogen-bond donors (Lipinski definition) is 4. The van der Waals surface area contributed by atoms with Crippen molar-refractivity contribution in [2.24, 2.45) is 0 Å². The lowest BCUT2D eigenvalue weighted by molar-refractivity contribution is -0.139. The Bertz CT molecular complexity index is 603. The number of carboxylic acids is 1. The molecule has 9 nitrogen and oxygen atoms in total. The first-order valence-electron chi connectivity index (χ1n) is 6.20. The van der Waals surface area contributed by atoms with Crippen LogP contribution in [0.15, 0.2) is 30.3 Å². The molecule has 122 valence electrons. The molecule has 1 aromatic rings. The minimum atomic E-state index is -4.41. The highest BCUT2D eigenvalue weighted by molar-refractivity contribution is 7.83. The van der Waals surface area contributed by atoms with Crippen LogP contribution in [0.4, 0.5) is 4.79 Å². The van der Waals surface area contributed by atoms with Gasteiger partial charge in [-0.2, -0.15) is 13.1 Å². The summed E-state index contributed by atoms with van der Waals surface area (Å²) in [4.78, 5) is 22.5.